The van der Waals surface area contributed by atoms with E-state index in [9.17, 15) is 10.1 Å². The molecule has 0 aliphatic carbocycles. The number of aliphatic hydroxyl groups excluding tert-OH is 1. The molecule has 0 bridgehead atoms. The van der Waals surface area contributed by atoms with Crippen molar-refractivity contribution in [2.45, 2.75) is 6.61 Å². The summed E-state index contributed by atoms with van der Waals surface area (Å²) in [6.07, 6.45) is 1.40. The molecule has 7 nitrogen and oxygen atoms in total. The van der Waals surface area contributed by atoms with Crippen LogP contribution in [0.4, 0.5) is 5.69 Å². The van der Waals surface area contributed by atoms with Crippen LogP contribution in [0.15, 0.2) is 30.5 Å². The molecule has 2 rings (SSSR count). The normalized spacial score (nSPS) is 10.3. The lowest BCUT2D eigenvalue weighted by atomic mass is 10.3. The van der Waals surface area contributed by atoms with Crippen molar-refractivity contribution in [3.8, 4) is 5.69 Å². The lowest BCUT2D eigenvalue weighted by Crippen LogP contribution is -2.02. The van der Waals surface area contributed by atoms with E-state index in [2.05, 4.69) is 10.3 Å². The van der Waals surface area contributed by atoms with Crippen LogP contribution >= 0.6 is 0 Å². The van der Waals surface area contributed by atoms with E-state index in [0.717, 1.165) is 0 Å². The summed E-state index contributed by atoms with van der Waals surface area (Å²) in [6, 6.07) is 5.96. The number of aromatic nitrogens is 3. The SMILES string of the molecule is O=[N+]([O-])c1cccc(-n2nncc2CO)c1. The molecular formula is C9H8N4O3. The smallest absolute Gasteiger partial charge is 0.271 e. The Balaban J connectivity index is 2.48. The van der Waals surface area contributed by atoms with Gasteiger partial charge in [-0.25, -0.2) is 4.68 Å². The van der Waals surface area contributed by atoms with Gasteiger partial charge in [-0.05, 0) is 6.07 Å². The molecule has 7 heteroatoms. The highest BCUT2D eigenvalue weighted by Crippen LogP contribution is 2.16. The van der Waals surface area contributed by atoms with Gasteiger partial charge in [-0.3, -0.25) is 10.1 Å². The van der Waals surface area contributed by atoms with E-state index in [4.69, 9.17) is 5.11 Å². The summed E-state index contributed by atoms with van der Waals surface area (Å²) in [6.45, 7) is -0.226. The van der Waals surface area contributed by atoms with Crippen molar-refractivity contribution >= 4 is 5.69 Å². The summed E-state index contributed by atoms with van der Waals surface area (Å²) >= 11 is 0. The van der Waals surface area contributed by atoms with E-state index < -0.39 is 4.92 Å². The Labute approximate surface area is 90.1 Å². The number of non-ortho nitro benzene ring substituents is 1. The predicted molar refractivity (Wildman–Crippen MR) is 53.9 cm³/mol. The molecule has 0 atom stereocenters. The monoisotopic (exact) mass is 220 g/mol. The lowest BCUT2D eigenvalue weighted by molar-refractivity contribution is -0.384. The molecule has 0 radical (unpaired) electrons. The van der Waals surface area contributed by atoms with Crippen molar-refractivity contribution in [1.29, 1.82) is 0 Å². The zero-order valence-electron chi connectivity index (χ0n) is 8.15. The molecule has 0 saturated carbocycles. The van der Waals surface area contributed by atoms with Gasteiger partial charge in [0, 0.05) is 12.1 Å². The molecule has 0 saturated heterocycles. The van der Waals surface area contributed by atoms with E-state index in [1.165, 1.54) is 23.0 Å². The van der Waals surface area contributed by atoms with E-state index >= 15 is 0 Å². The molecule has 2 aromatic rings. The number of nitrogens with zero attached hydrogens (tertiary/aromatic N) is 4. The molecule has 1 aromatic carbocycles. The van der Waals surface area contributed by atoms with Gasteiger partial charge in [0.15, 0.2) is 0 Å². The minimum Gasteiger partial charge on any atom is -0.390 e. The quantitative estimate of drug-likeness (QED) is 0.605. The van der Waals surface area contributed by atoms with Crippen LogP contribution in [0, 0.1) is 10.1 Å². The molecule has 16 heavy (non-hydrogen) atoms. The zero-order valence-corrected chi connectivity index (χ0v) is 8.15. The standard InChI is InChI=1S/C9H8N4O3/c14-6-9-5-10-11-12(9)7-2-1-3-8(4-7)13(15)16/h1-5,14H,6H2. The van der Waals surface area contributed by atoms with Crippen LogP contribution in [0.5, 0.6) is 0 Å². The Hall–Kier alpha value is -2.28. The molecule has 1 aromatic heterocycles. The molecule has 0 aliphatic heterocycles. The molecule has 82 valence electrons. The Morgan fingerprint density at radius 3 is 3.00 bits per heavy atom. The van der Waals surface area contributed by atoms with Crippen molar-refractivity contribution in [2.75, 3.05) is 0 Å². The van der Waals surface area contributed by atoms with Crippen LogP contribution in [-0.2, 0) is 6.61 Å². The number of aliphatic hydroxyl groups is 1. The van der Waals surface area contributed by atoms with Gasteiger partial charge in [0.25, 0.3) is 5.69 Å². The maximum absolute atomic E-state index is 10.6. The van der Waals surface area contributed by atoms with E-state index in [1.54, 1.807) is 12.1 Å². The second-order valence-corrected chi connectivity index (χ2v) is 3.07. The summed E-state index contributed by atoms with van der Waals surface area (Å²) in [5.74, 6) is 0. The summed E-state index contributed by atoms with van der Waals surface area (Å²) < 4.78 is 1.35. The second-order valence-electron chi connectivity index (χ2n) is 3.07. The van der Waals surface area contributed by atoms with Crippen LogP contribution < -0.4 is 0 Å². The Bertz CT molecular complexity index is 523. The molecule has 1 heterocycles. The van der Waals surface area contributed by atoms with Crippen molar-refractivity contribution in [1.82, 2.24) is 15.0 Å². The average Bonchev–Trinajstić information content (AvgIpc) is 2.77. The van der Waals surface area contributed by atoms with Gasteiger partial charge in [0.05, 0.1) is 29.1 Å². The topological polar surface area (TPSA) is 94.1 Å². The van der Waals surface area contributed by atoms with Crippen LogP contribution in [0.1, 0.15) is 5.69 Å². The second kappa shape index (κ2) is 4.07. The summed E-state index contributed by atoms with van der Waals surface area (Å²) in [5.41, 5.74) is 0.938. The largest absolute Gasteiger partial charge is 0.390 e. The van der Waals surface area contributed by atoms with Crippen molar-refractivity contribution in [3.05, 3.63) is 46.3 Å². The first-order valence-corrected chi connectivity index (χ1v) is 4.47. The number of hydrogen-bond donors (Lipinski definition) is 1. The molecule has 0 unspecified atom stereocenters. The highest BCUT2D eigenvalue weighted by atomic mass is 16.6. The van der Waals surface area contributed by atoms with Crippen molar-refractivity contribution < 1.29 is 10.0 Å². The molecule has 0 aliphatic rings. The molecule has 0 amide bonds. The van der Waals surface area contributed by atoms with E-state index in [-0.39, 0.29) is 12.3 Å². The third kappa shape index (κ3) is 1.75. The predicted octanol–water partition coefficient (Wildman–Crippen LogP) is 0.668. The molecule has 0 fully saturated rings. The minimum atomic E-state index is -0.487. The minimum absolute atomic E-state index is 0.0307. The Morgan fingerprint density at radius 1 is 1.50 bits per heavy atom. The van der Waals surface area contributed by atoms with Gasteiger partial charge in [0.1, 0.15) is 0 Å². The number of benzene rings is 1. The maximum atomic E-state index is 10.6. The van der Waals surface area contributed by atoms with Crippen LogP contribution in [-0.4, -0.2) is 25.0 Å². The van der Waals surface area contributed by atoms with Gasteiger partial charge in [-0.1, -0.05) is 11.3 Å². The molecule has 0 spiro atoms. The molecular weight excluding hydrogens is 212 g/mol. The third-order valence-corrected chi connectivity index (χ3v) is 2.07. The van der Waals surface area contributed by atoms with Gasteiger partial charge in [-0.2, -0.15) is 0 Å². The fourth-order valence-electron chi connectivity index (χ4n) is 1.32. The number of nitro benzene ring substituents is 1. The lowest BCUT2D eigenvalue weighted by Gasteiger charge is -2.03. The first kappa shape index (κ1) is 10.2. The van der Waals surface area contributed by atoms with E-state index in [1.807, 2.05) is 0 Å². The highest BCUT2D eigenvalue weighted by Gasteiger charge is 2.10. The number of nitro groups is 1. The summed E-state index contributed by atoms with van der Waals surface area (Å²) in [7, 11) is 0. The van der Waals surface area contributed by atoms with Gasteiger partial charge >= 0.3 is 0 Å². The van der Waals surface area contributed by atoms with Crippen LogP contribution in [0.25, 0.3) is 5.69 Å². The molecule has 1 N–H and O–H groups in total. The first-order chi connectivity index (χ1) is 7.72. The highest BCUT2D eigenvalue weighted by molar-refractivity contribution is 5.43. The maximum Gasteiger partial charge on any atom is 0.271 e. The summed E-state index contributed by atoms with van der Waals surface area (Å²) in [5, 5.41) is 27.0. The number of hydrogen-bond acceptors (Lipinski definition) is 5. The first-order valence-electron chi connectivity index (χ1n) is 4.47. The van der Waals surface area contributed by atoms with Crippen LogP contribution in [0.2, 0.25) is 0 Å². The van der Waals surface area contributed by atoms with Gasteiger partial charge in [-0.15, -0.1) is 5.10 Å². The number of rotatable bonds is 3. The summed E-state index contributed by atoms with van der Waals surface area (Å²) in [4.78, 5) is 10.1. The van der Waals surface area contributed by atoms with Gasteiger partial charge < -0.3 is 5.11 Å². The fraction of sp³-hybridized carbons (Fsp3) is 0.111. The van der Waals surface area contributed by atoms with E-state index in [0.29, 0.717) is 11.4 Å². The fourth-order valence-corrected chi connectivity index (χ4v) is 1.32. The van der Waals surface area contributed by atoms with Crippen molar-refractivity contribution in [3.63, 3.8) is 0 Å². The zero-order chi connectivity index (χ0) is 11.5. The average molecular weight is 220 g/mol. The van der Waals surface area contributed by atoms with Crippen molar-refractivity contribution in [2.24, 2.45) is 0 Å². The Morgan fingerprint density at radius 2 is 2.31 bits per heavy atom. The third-order valence-electron chi connectivity index (χ3n) is 2.07. The van der Waals surface area contributed by atoms with Crippen LogP contribution in [0.3, 0.4) is 0 Å². The Kier molecular flexibility index (Phi) is 2.61. The van der Waals surface area contributed by atoms with Gasteiger partial charge in [0.2, 0.25) is 0 Å².